The van der Waals surface area contributed by atoms with Crippen molar-refractivity contribution in [2.75, 3.05) is 5.32 Å². The van der Waals surface area contributed by atoms with E-state index in [0.29, 0.717) is 18.4 Å². The van der Waals surface area contributed by atoms with Crippen LogP contribution in [-0.2, 0) is 6.18 Å². The molecule has 1 aromatic carbocycles. The average Bonchev–Trinajstić information content (AvgIpc) is 2.26. The highest BCUT2D eigenvalue weighted by molar-refractivity contribution is 5.57. The van der Waals surface area contributed by atoms with E-state index in [1.165, 1.54) is 0 Å². The summed E-state index contributed by atoms with van der Waals surface area (Å²) in [6.07, 6.45) is -3.93. The lowest BCUT2D eigenvalue weighted by atomic mass is 10.0. The van der Waals surface area contributed by atoms with E-state index in [0.717, 1.165) is 12.1 Å². The molecule has 0 aromatic heterocycles. The number of benzene rings is 1. The highest BCUT2D eigenvalue weighted by Gasteiger charge is 2.35. The van der Waals surface area contributed by atoms with Crippen LogP contribution in [0.25, 0.3) is 0 Å². The second-order valence-electron chi connectivity index (χ2n) is 5.16. The molecule has 1 rings (SSSR count). The Labute approximate surface area is 115 Å². The molecule has 1 N–H and O–H groups in total. The first-order valence-corrected chi connectivity index (χ1v) is 6.23. The molecule has 1 aromatic rings. The van der Waals surface area contributed by atoms with Crippen molar-refractivity contribution >= 4 is 11.4 Å². The van der Waals surface area contributed by atoms with Crippen LogP contribution < -0.4 is 5.32 Å². The van der Waals surface area contributed by atoms with E-state index in [1.807, 2.05) is 13.8 Å². The molecule has 0 aliphatic carbocycles. The summed E-state index contributed by atoms with van der Waals surface area (Å²) in [6.45, 7) is 5.72. The van der Waals surface area contributed by atoms with Gasteiger partial charge in [0.1, 0.15) is 0 Å². The third kappa shape index (κ3) is 4.40. The largest absolute Gasteiger partial charge is 0.418 e. The van der Waals surface area contributed by atoms with Crippen LogP contribution in [0.2, 0.25) is 0 Å². The molecule has 0 aliphatic heterocycles. The minimum atomic E-state index is -4.63. The minimum Gasteiger partial charge on any atom is -0.382 e. The maximum Gasteiger partial charge on any atom is 0.418 e. The smallest absolute Gasteiger partial charge is 0.382 e. The standard InChI is InChI=1S/C13H17F3N2O2/c1-8(2)6-9(3)17-12-5-4-10(18(19)20)7-11(12)13(14,15)16/h4-5,7-9,17H,6H2,1-3H3. The Morgan fingerprint density at radius 3 is 2.35 bits per heavy atom. The van der Waals surface area contributed by atoms with Gasteiger partial charge in [-0.2, -0.15) is 13.2 Å². The Balaban J connectivity index is 3.09. The Morgan fingerprint density at radius 2 is 1.90 bits per heavy atom. The summed E-state index contributed by atoms with van der Waals surface area (Å²) < 4.78 is 38.8. The number of nitrogens with one attached hydrogen (secondary N) is 1. The first kappa shape index (κ1) is 16.3. The molecule has 20 heavy (non-hydrogen) atoms. The zero-order chi connectivity index (χ0) is 15.5. The molecular formula is C13H17F3N2O2. The van der Waals surface area contributed by atoms with Gasteiger partial charge in [-0.15, -0.1) is 0 Å². The van der Waals surface area contributed by atoms with Gasteiger partial charge in [-0.05, 0) is 25.3 Å². The molecule has 0 fully saturated rings. The van der Waals surface area contributed by atoms with E-state index in [9.17, 15) is 23.3 Å². The number of rotatable bonds is 5. The van der Waals surface area contributed by atoms with E-state index < -0.39 is 22.4 Å². The molecule has 112 valence electrons. The lowest BCUT2D eigenvalue weighted by molar-refractivity contribution is -0.385. The summed E-state index contributed by atoms with van der Waals surface area (Å²) in [5.74, 6) is 0.338. The molecule has 4 nitrogen and oxygen atoms in total. The van der Waals surface area contributed by atoms with Crippen molar-refractivity contribution in [3.63, 3.8) is 0 Å². The molecule has 0 radical (unpaired) electrons. The zero-order valence-corrected chi connectivity index (χ0v) is 11.5. The van der Waals surface area contributed by atoms with Gasteiger partial charge in [-0.25, -0.2) is 0 Å². The van der Waals surface area contributed by atoms with Crippen LogP contribution in [-0.4, -0.2) is 11.0 Å². The van der Waals surface area contributed by atoms with Gasteiger partial charge in [0.05, 0.1) is 10.5 Å². The fraction of sp³-hybridized carbons (Fsp3) is 0.538. The van der Waals surface area contributed by atoms with Crippen LogP contribution in [0, 0.1) is 16.0 Å². The Morgan fingerprint density at radius 1 is 1.30 bits per heavy atom. The average molecular weight is 290 g/mol. The first-order chi connectivity index (χ1) is 9.11. The van der Waals surface area contributed by atoms with E-state index in [4.69, 9.17) is 0 Å². The van der Waals surface area contributed by atoms with Crippen molar-refractivity contribution in [3.05, 3.63) is 33.9 Å². The fourth-order valence-corrected chi connectivity index (χ4v) is 2.04. The van der Waals surface area contributed by atoms with Crippen molar-refractivity contribution in [1.82, 2.24) is 0 Å². The van der Waals surface area contributed by atoms with E-state index >= 15 is 0 Å². The monoisotopic (exact) mass is 290 g/mol. The van der Waals surface area contributed by atoms with Gasteiger partial charge < -0.3 is 5.32 Å². The van der Waals surface area contributed by atoms with Gasteiger partial charge in [0.2, 0.25) is 0 Å². The second kappa shape index (κ2) is 6.11. The quantitative estimate of drug-likeness (QED) is 0.643. The molecule has 0 saturated carbocycles. The van der Waals surface area contributed by atoms with Crippen molar-refractivity contribution in [1.29, 1.82) is 0 Å². The molecular weight excluding hydrogens is 273 g/mol. The maximum absolute atomic E-state index is 12.9. The molecule has 1 unspecified atom stereocenters. The van der Waals surface area contributed by atoms with Crippen molar-refractivity contribution in [2.24, 2.45) is 5.92 Å². The van der Waals surface area contributed by atoms with Crippen LogP contribution >= 0.6 is 0 Å². The Kier molecular flexibility index (Phi) is 4.97. The predicted molar refractivity (Wildman–Crippen MR) is 70.6 cm³/mol. The molecule has 0 aliphatic rings. The second-order valence-corrected chi connectivity index (χ2v) is 5.16. The molecule has 0 saturated heterocycles. The van der Waals surface area contributed by atoms with Crippen molar-refractivity contribution in [3.8, 4) is 0 Å². The number of alkyl halides is 3. The van der Waals surface area contributed by atoms with Gasteiger partial charge >= 0.3 is 6.18 Å². The summed E-state index contributed by atoms with van der Waals surface area (Å²) in [5, 5.41) is 13.3. The van der Waals surface area contributed by atoms with Gasteiger partial charge in [0.25, 0.3) is 5.69 Å². The fourth-order valence-electron chi connectivity index (χ4n) is 2.04. The third-order valence-electron chi connectivity index (χ3n) is 2.75. The Hall–Kier alpha value is -1.79. The van der Waals surface area contributed by atoms with E-state index in [2.05, 4.69) is 5.32 Å². The van der Waals surface area contributed by atoms with Gasteiger partial charge in [-0.3, -0.25) is 10.1 Å². The lowest BCUT2D eigenvalue weighted by Gasteiger charge is -2.20. The molecule has 0 bridgehead atoms. The number of nitrogens with zero attached hydrogens (tertiary/aromatic N) is 1. The third-order valence-corrected chi connectivity index (χ3v) is 2.75. The molecule has 1 atom stereocenters. The number of hydrogen-bond acceptors (Lipinski definition) is 3. The van der Waals surface area contributed by atoms with Crippen LogP contribution in [0.15, 0.2) is 18.2 Å². The van der Waals surface area contributed by atoms with Crippen LogP contribution in [0.1, 0.15) is 32.8 Å². The van der Waals surface area contributed by atoms with Crippen LogP contribution in [0.3, 0.4) is 0 Å². The number of halogens is 3. The normalized spacial score (nSPS) is 13.3. The summed E-state index contributed by atoms with van der Waals surface area (Å²) in [4.78, 5) is 9.74. The molecule has 7 heteroatoms. The molecule has 0 amide bonds. The highest BCUT2D eigenvalue weighted by Crippen LogP contribution is 2.37. The van der Waals surface area contributed by atoms with Crippen molar-refractivity contribution in [2.45, 2.75) is 39.4 Å². The number of hydrogen-bond donors (Lipinski definition) is 1. The van der Waals surface area contributed by atoms with Gasteiger partial charge in [0, 0.05) is 23.9 Å². The summed E-state index contributed by atoms with van der Waals surface area (Å²) in [6, 6.07) is 2.58. The molecule has 0 spiro atoms. The van der Waals surface area contributed by atoms with Crippen molar-refractivity contribution < 1.29 is 18.1 Å². The summed E-state index contributed by atoms with van der Waals surface area (Å²) in [7, 11) is 0. The van der Waals surface area contributed by atoms with Gasteiger partial charge in [-0.1, -0.05) is 13.8 Å². The topological polar surface area (TPSA) is 55.2 Å². The van der Waals surface area contributed by atoms with Crippen LogP contribution in [0.4, 0.5) is 24.5 Å². The van der Waals surface area contributed by atoms with E-state index in [-0.39, 0.29) is 11.7 Å². The Bertz CT molecular complexity index is 487. The number of nitro groups is 1. The minimum absolute atomic E-state index is 0.128. The highest BCUT2D eigenvalue weighted by atomic mass is 19.4. The SMILES string of the molecule is CC(C)CC(C)Nc1ccc([N+](=O)[O-])cc1C(F)(F)F. The van der Waals surface area contributed by atoms with Crippen LogP contribution in [0.5, 0.6) is 0 Å². The number of anilines is 1. The lowest BCUT2D eigenvalue weighted by Crippen LogP contribution is -2.20. The first-order valence-electron chi connectivity index (χ1n) is 6.23. The summed E-state index contributed by atoms with van der Waals surface area (Å²) in [5.41, 5.74) is -1.71. The molecule has 0 heterocycles. The predicted octanol–water partition coefficient (Wildman–Crippen LogP) is 4.46. The zero-order valence-electron chi connectivity index (χ0n) is 11.5. The van der Waals surface area contributed by atoms with Gasteiger partial charge in [0.15, 0.2) is 0 Å². The number of non-ortho nitro benzene ring substituents is 1. The maximum atomic E-state index is 12.9. The van der Waals surface area contributed by atoms with E-state index in [1.54, 1.807) is 6.92 Å². The summed E-state index contributed by atoms with van der Waals surface area (Å²) >= 11 is 0. The number of nitro benzene ring substituents is 1.